The number of hydrogen-bond donors (Lipinski definition) is 1. The molecule has 1 N–H and O–H groups in total. The van der Waals surface area contributed by atoms with Crippen LogP contribution in [0.3, 0.4) is 0 Å². The minimum Gasteiger partial charge on any atom is -0.301 e. The maximum absolute atomic E-state index is 13.2. The monoisotopic (exact) mass is 469 g/mol. The summed E-state index contributed by atoms with van der Waals surface area (Å²) in [5.41, 5.74) is 0.849. The van der Waals surface area contributed by atoms with Gasteiger partial charge in [0.15, 0.2) is 0 Å². The van der Waals surface area contributed by atoms with Gasteiger partial charge in [0, 0.05) is 12.6 Å². The zero-order chi connectivity index (χ0) is 23.0. The van der Waals surface area contributed by atoms with Gasteiger partial charge in [0.2, 0.25) is 26.0 Å². The third-order valence-electron chi connectivity index (χ3n) is 5.09. The summed E-state index contributed by atoms with van der Waals surface area (Å²) >= 11 is 0. The fraction of sp³-hybridized carbons (Fsp3) is 0.350. The number of nitrogens with zero attached hydrogens (tertiary/aromatic N) is 2. The van der Waals surface area contributed by atoms with Crippen molar-refractivity contribution in [1.29, 1.82) is 0 Å². The van der Waals surface area contributed by atoms with Crippen molar-refractivity contribution in [3.05, 3.63) is 59.9 Å². The molecular weight excluding hydrogens is 445 g/mol. The summed E-state index contributed by atoms with van der Waals surface area (Å²) in [6, 6.07) is 10.6. The van der Waals surface area contributed by atoms with Crippen LogP contribution in [0.15, 0.2) is 53.4 Å². The molecule has 1 heterocycles. The van der Waals surface area contributed by atoms with E-state index in [4.69, 9.17) is 0 Å². The van der Waals surface area contributed by atoms with E-state index < -0.39 is 31.9 Å². The normalized spacial score (nSPS) is 19.7. The third-order valence-corrected chi connectivity index (χ3v) is 8.39. The van der Waals surface area contributed by atoms with E-state index in [-0.39, 0.29) is 34.7 Å². The number of benzene rings is 2. The van der Waals surface area contributed by atoms with Gasteiger partial charge in [-0.3, -0.25) is 4.79 Å². The molecule has 168 valence electrons. The Bertz CT molecular complexity index is 1160. The molecule has 1 saturated heterocycles. The van der Waals surface area contributed by atoms with Crippen molar-refractivity contribution in [2.24, 2.45) is 5.92 Å². The lowest BCUT2D eigenvalue weighted by Gasteiger charge is -2.25. The van der Waals surface area contributed by atoms with Crippen molar-refractivity contribution >= 4 is 31.6 Å². The second-order valence-corrected chi connectivity index (χ2v) is 11.3. The van der Waals surface area contributed by atoms with Gasteiger partial charge in [-0.25, -0.2) is 30.3 Å². The van der Waals surface area contributed by atoms with Gasteiger partial charge in [-0.15, -0.1) is 0 Å². The number of halogens is 1. The van der Waals surface area contributed by atoms with Crippen molar-refractivity contribution in [1.82, 2.24) is 9.62 Å². The molecular formula is C20H24FN3O5S2. The lowest BCUT2D eigenvalue weighted by Crippen LogP contribution is -2.34. The molecule has 1 aliphatic heterocycles. The highest BCUT2D eigenvalue weighted by Crippen LogP contribution is 2.29. The second kappa shape index (κ2) is 8.65. The first-order valence-electron chi connectivity index (χ1n) is 9.51. The first-order valence-corrected chi connectivity index (χ1v) is 12.6. The van der Waals surface area contributed by atoms with Crippen LogP contribution in [0, 0.1) is 11.7 Å². The van der Waals surface area contributed by atoms with Gasteiger partial charge in [0.25, 0.3) is 0 Å². The van der Waals surface area contributed by atoms with Gasteiger partial charge in [-0.1, -0.05) is 19.1 Å². The van der Waals surface area contributed by atoms with Gasteiger partial charge in [0.05, 0.1) is 22.3 Å². The van der Waals surface area contributed by atoms with Crippen molar-refractivity contribution in [3.8, 4) is 0 Å². The van der Waals surface area contributed by atoms with Crippen LogP contribution in [0.25, 0.3) is 0 Å². The quantitative estimate of drug-likeness (QED) is 0.662. The lowest BCUT2D eigenvalue weighted by molar-refractivity contribution is -0.119. The Hall–Kier alpha value is -2.34. The van der Waals surface area contributed by atoms with Crippen LogP contribution in [-0.4, -0.2) is 54.0 Å². The highest BCUT2D eigenvalue weighted by molar-refractivity contribution is 7.94. The molecule has 2 atom stereocenters. The first-order chi connectivity index (χ1) is 14.4. The molecule has 0 aromatic heterocycles. The Morgan fingerprint density at radius 1 is 1.13 bits per heavy atom. The molecule has 0 spiro atoms. The van der Waals surface area contributed by atoms with E-state index in [1.807, 2.05) is 4.90 Å². The van der Waals surface area contributed by atoms with Crippen LogP contribution in [0.4, 0.5) is 10.1 Å². The van der Waals surface area contributed by atoms with Gasteiger partial charge in [-0.2, -0.15) is 0 Å². The number of likely N-dealkylation sites (N-methyl/N-ethyl adjacent to an activating group) is 1. The Kier molecular flexibility index (Phi) is 6.51. The van der Waals surface area contributed by atoms with Crippen molar-refractivity contribution in [2.75, 3.05) is 30.7 Å². The number of nitrogens with one attached hydrogen (secondary N) is 1. The molecule has 11 heteroatoms. The molecule has 8 nitrogen and oxygen atoms in total. The average molecular weight is 470 g/mol. The maximum atomic E-state index is 13.2. The number of carbonyl (C=O) groups is 1. The van der Waals surface area contributed by atoms with Crippen molar-refractivity contribution in [3.63, 3.8) is 0 Å². The molecule has 1 fully saturated rings. The number of rotatable bonds is 7. The standard InChI is InChI=1S/C20H24FN3O5S2/c1-14-13-30(26,27)24(20(14)25)17-8-10-18(11-9-17)31(28,29)22-12-19(23(2)3)15-4-6-16(21)7-5-15/h4-11,14,19,22H,12-13H2,1-3H3. The molecule has 0 aliphatic carbocycles. The van der Waals surface area contributed by atoms with Crippen LogP contribution in [0.2, 0.25) is 0 Å². The highest BCUT2D eigenvalue weighted by Gasteiger charge is 2.42. The average Bonchev–Trinajstić information content (AvgIpc) is 2.90. The van der Waals surface area contributed by atoms with Crippen LogP contribution in [-0.2, 0) is 24.8 Å². The third kappa shape index (κ3) is 4.95. The summed E-state index contributed by atoms with van der Waals surface area (Å²) in [6.45, 7) is 1.57. The molecule has 31 heavy (non-hydrogen) atoms. The Labute approximate surface area is 181 Å². The lowest BCUT2D eigenvalue weighted by atomic mass is 10.1. The molecule has 2 aromatic rings. The summed E-state index contributed by atoms with van der Waals surface area (Å²) in [7, 11) is -4.10. The van der Waals surface area contributed by atoms with E-state index in [0.29, 0.717) is 0 Å². The van der Waals surface area contributed by atoms with E-state index in [1.54, 1.807) is 26.2 Å². The minimum absolute atomic E-state index is 0.0409. The van der Waals surface area contributed by atoms with Gasteiger partial charge in [0.1, 0.15) is 5.82 Å². The molecule has 1 amide bonds. The van der Waals surface area contributed by atoms with Crippen LogP contribution >= 0.6 is 0 Å². The summed E-state index contributed by atoms with van der Waals surface area (Å²) in [4.78, 5) is 13.9. The number of anilines is 1. The summed E-state index contributed by atoms with van der Waals surface area (Å²) in [5.74, 6) is -1.84. The summed E-state index contributed by atoms with van der Waals surface area (Å²) in [6.07, 6.45) is 0. The molecule has 2 aromatic carbocycles. The Balaban J connectivity index is 1.77. The largest absolute Gasteiger partial charge is 0.301 e. The Morgan fingerprint density at radius 3 is 2.19 bits per heavy atom. The molecule has 2 unspecified atom stereocenters. The molecule has 0 saturated carbocycles. The highest BCUT2D eigenvalue weighted by atomic mass is 32.2. The number of carbonyl (C=O) groups excluding carboxylic acids is 1. The summed E-state index contributed by atoms with van der Waals surface area (Å²) in [5, 5.41) is 0. The van der Waals surface area contributed by atoms with Crippen LogP contribution in [0.5, 0.6) is 0 Å². The molecule has 0 radical (unpaired) electrons. The SMILES string of the molecule is CC1CS(=O)(=O)N(c2ccc(S(=O)(=O)NCC(c3ccc(F)cc3)N(C)C)cc2)C1=O. The molecule has 3 rings (SSSR count). The smallest absolute Gasteiger partial charge is 0.244 e. The van der Waals surface area contributed by atoms with E-state index in [1.165, 1.54) is 43.3 Å². The first kappa shape index (κ1) is 23.3. The maximum Gasteiger partial charge on any atom is 0.244 e. The fourth-order valence-electron chi connectivity index (χ4n) is 3.40. The van der Waals surface area contributed by atoms with E-state index in [2.05, 4.69) is 4.72 Å². The fourth-order valence-corrected chi connectivity index (χ4v) is 6.26. The van der Waals surface area contributed by atoms with Crippen molar-refractivity contribution < 1.29 is 26.0 Å². The molecule has 1 aliphatic rings. The second-order valence-electron chi connectivity index (χ2n) is 7.66. The van der Waals surface area contributed by atoms with Crippen molar-refractivity contribution in [2.45, 2.75) is 17.9 Å². The Morgan fingerprint density at radius 2 is 1.71 bits per heavy atom. The minimum atomic E-state index is -3.90. The van der Waals surface area contributed by atoms with Gasteiger partial charge >= 0.3 is 0 Å². The topological polar surface area (TPSA) is 104 Å². The van der Waals surface area contributed by atoms with Crippen LogP contribution in [0.1, 0.15) is 18.5 Å². The zero-order valence-electron chi connectivity index (χ0n) is 17.3. The summed E-state index contributed by atoms with van der Waals surface area (Å²) < 4.78 is 66.3. The van der Waals surface area contributed by atoms with E-state index >= 15 is 0 Å². The number of hydrogen-bond acceptors (Lipinski definition) is 6. The van der Waals surface area contributed by atoms with E-state index in [9.17, 15) is 26.0 Å². The van der Waals surface area contributed by atoms with Crippen LogP contribution < -0.4 is 9.03 Å². The van der Waals surface area contributed by atoms with Gasteiger partial charge < -0.3 is 4.90 Å². The predicted molar refractivity (Wildman–Crippen MR) is 115 cm³/mol. The van der Waals surface area contributed by atoms with Gasteiger partial charge in [-0.05, 0) is 56.1 Å². The number of amides is 1. The van der Waals surface area contributed by atoms with E-state index in [0.717, 1.165) is 9.87 Å². The molecule has 0 bridgehead atoms. The number of sulfonamides is 2. The zero-order valence-corrected chi connectivity index (χ0v) is 19.0. The predicted octanol–water partition coefficient (Wildman–Crippen LogP) is 1.72.